The number of ether oxygens (including phenoxy) is 1. The number of benzene rings is 1. The van der Waals surface area contributed by atoms with Gasteiger partial charge in [-0.25, -0.2) is 0 Å². The van der Waals surface area contributed by atoms with Crippen molar-refractivity contribution in [1.82, 2.24) is 0 Å². The SMILES string of the molecule is CCOc1ccccc1SC#N. The average Bonchev–Trinajstić information content (AvgIpc) is 2.09. The molecule has 0 saturated carbocycles. The maximum atomic E-state index is 8.47. The molecule has 0 saturated heterocycles. The monoisotopic (exact) mass is 179 g/mol. The fourth-order valence-electron chi connectivity index (χ4n) is 0.858. The summed E-state index contributed by atoms with van der Waals surface area (Å²) in [6, 6.07) is 7.52. The number of hydrogen-bond donors (Lipinski definition) is 0. The van der Waals surface area contributed by atoms with Crippen LogP contribution in [0.5, 0.6) is 5.75 Å². The van der Waals surface area contributed by atoms with Gasteiger partial charge in [-0.3, -0.25) is 0 Å². The van der Waals surface area contributed by atoms with Crippen LogP contribution >= 0.6 is 11.8 Å². The first-order chi connectivity index (χ1) is 5.88. The summed E-state index contributed by atoms with van der Waals surface area (Å²) < 4.78 is 5.32. The third-order valence-corrected chi connectivity index (χ3v) is 1.95. The molecule has 0 aliphatic rings. The zero-order chi connectivity index (χ0) is 8.81. The molecule has 1 aromatic rings. The van der Waals surface area contributed by atoms with E-state index in [-0.39, 0.29) is 0 Å². The zero-order valence-corrected chi connectivity index (χ0v) is 7.60. The molecule has 12 heavy (non-hydrogen) atoms. The van der Waals surface area contributed by atoms with Gasteiger partial charge in [-0.1, -0.05) is 12.1 Å². The van der Waals surface area contributed by atoms with Crippen molar-refractivity contribution in [2.75, 3.05) is 6.61 Å². The topological polar surface area (TPSA) is 33.0 Å². The van der Waals surface area contributed by atoms with Crippen LogP contribution in [0.1, 0.15) is 6.92 Å². The van der Waals surface area contributed by atoms with Crippen LogP contribution in [0.4, 0.5) is 0 Å². The summed E-state index contributed by atoms with van der Waals surface area (Å²) in [5, 5.41) is 10.5. The summed E-state index contributed by atoms with van der Waals surface area (Å²) in [6.07, 6.45) is 0. The molecule has 0 N–H and O–H groups in total. The van der Waals surface area contributed by atoms with Gasteiger partial charge in [-0.05, 0) is 30.8 Å². The van der Waals surface area contributed by atoms with Gasteiger partial charge in [0.15, 0.2) is 0 Å². The van der Waals surface area contributed by atoms with Gasteiger partial charge in [-0.15, -0.1) is 0 Å². The summed E-state index contributed by atoms with van der Waals surface area (Å²) in [4.78, 5) is 0.877. The van der Waals surface area contributed by atoms with Gasteiger partial charge in [0.2, 0.25) is 0 Å². The Bertz CT molecular complexity index is 293. The highest BCUT2D eigenvalue weighted by atomic mass is 32.2. The number of thioether (sulfide) groups is 1. The molecule has 0 spiro atoms. The Kier molecular flexibility index (Phi) is 3.49. The van der Waals surface area contributed by atoms with Crippen LogP contribution in [0.15, 0.2) is 29.2 Å². The molecular formula is C9H9NOS. The van der Waals surface area contributed by atoms with E-state index < -0.39 is 0 Å². The molecule has 0 heterocycles. The molecule has 0 bridgehead atoms. The molecule has 0 aromatic heterocycles. The van der Waals surface area contributed by atoms with Crippen molar-refractivity contribution in [3.63, 3.8) is 0 Å². The summed E-state index contributed by atoms with van der Waals surface area (Å²) in [6.45, 7) is 2.55. The second kappa shape index (κ2) is 4.68. The predicted octanol–water partition coefficient (Wildman–Crippen LogP) is 2.66. The zero-order valence-electron chi connectivity index (χ0n) is 6.78. The first kappa shape index (κ1) is 8.95. The maximum Gasteiger partial charge on any atom is 0.138 e. The summed E-state index contributed by atoms with van der Waals surface area (Å²) in [5.41, 5.74) is 0. The fraction of sp³-hybridized carbons (Fsp3) is 0.222. The minimum Gasteiger partial charge on any atom is -0.493 e. The van der Waals surface area contributed by atoms with Crippen LogP contribution in [0.25, 0.3) is 0 Å². The lowest BCUT2D eigenvalue weighted by Crippen LogP contribution is -1.92. The van der Waals surface area contributed by atoms with E-state index in [2.05, 4.69) is 0 Å². The van der Waals surface area contributed by atoms with Crippen molar-refractivity contribution in [1.29, 1.82) is 5.26 Å². The van der Waals surface area contributed by atoms with Crippen molar-refractivity contribution < 1.29 is 4.74 Å². The first-order valence-corrected chi connectivity index (χ1v) is 4.48. The summed E-state index contributed by atoms with van der Waals surface area (Å²) in [5.74, 6) is 0.784. The van der Waals surface area contributed by atoms with Gasteiger partial charge in [0.1, 0.15) is 11.2 Å². The Morgan fingerprint density at radius 1 is 1.50 bits per heavy atom. The Morgan fingerprint density at radius 3 is 2.92 bits per heavy atom. The number of thiocyanates is 1. The molecule has 1 aromatic carbocycles. The van der Waals surface area contributed by atoms with Crippen LogP contribution in [-0.4, -0.2) is 6.61 Å². The van der Waals surface area contributed by atoms with E-state index in [1.807, 2.05) is 36.6 Å². The van der Waals surface area contributed by atoms with Gasteiger partial charge in [0.05, 0.1) is 11.5 Å². The molecule has 0 aliphatic heterocycles. The highest BCUT2D eigenvalue weighted by Gasteiger charge is 2.00. The standard InChI is InChI=1S/C9H9NOS/c1-2-11-8-5-3-4-6-9(8)12-7-10/h3-6H,2H2,1H3. The van der Waals surface area contributed by atoms with E-state index in [1.54, 1.807) is 0 Å². The number of nitrogens with zero attached hydrogens (tertiary/aromatic N) is 1. The van der Waals surface area contributed by atoms with Crippen molar-refractivity contribution in [3.05, 3.63) is 24.3 Å². The normalized spacial score (nSPS) is 9.00. The predicted molar refractivity (Wildman–Crippen MR) is 49.1 cm³/mol. The smallest absolute Gasteiger partial charge is 0.138 e. The Balaban J connectivity index is 2.85. The fourth-order valence-corrected chi connectivity index (χ4v) is 1.33. The van der Waals surface area contributed by atoms with Crippen LogP contribution in [0.2, 0.25) is 0 Å². The Morgan fingerprint density at radius 2 is 2.25 bits per heavy atom. The molecule has 0 aliphatic carbocycles. The van der Waals surface area contributed by atoms with Gasteiger partial charge < -0.3 is 4.74 Å². The Hall–Kier alpha value is -1.14. The highest BCUT2D eigenvalue weighted by Crippen LogP contribution is 2.27. The van der Waals surface area contributed by atoms with E-state index in [1.165, 1.54) is 0 Å². The van der Waals surface area contributed by atoms with Crippen LogP contribution < -0.4 is 4.74 Å². The maximum absolute atomic E-state index is 8.47. The van der Waals surface area contributed by atoms with Gasteiger partial charge >= 0.3 is 0 Å². The van der Waals surface area contributed by atoms with E-state index >= 15 is 0 Å². The number of rotatable bonds is 3. The second-order valence-corrected chi connectivity index (χ2v) is 2.90. The van der Waals surface area contributed by atoms with E-state index in [0.29, 0.717) is 6.61 Å². The second-order valence-electron chi connectivity index (χ2n) is 2.07. The Labute approximate surface area is 76.2 Å². The van der Waals surface area contributed by atoms with Gasteiger partial charge in [0.25, 0.3) is 0 Å². The molecule has 0 fully saturated rings. The lowest BCUT2D eigenvalue weighted by Gasteiger charge is -2.05. The van der Waals surface area contributed by atoms with Crippen molar-refractivity contribution in [3.8, 4) is 11.2 Å². The molecule has 62 valence electrons. The van der Waals surface area contributed by atoms with E-state index in [9.17, 15) is 0 Å². The molecule has 0 atom stereocenters. The molecule has 0 amide bonds. The van der Waals surface area contributed by atoms with E-state index in [4.69, 9.17) is 10.00 Å². The third kappa shape index (κ3) is 2.18. The lowest BCUT2D eigenvalue weighted by molar-refractivity contribution is 0.332. The molecule has 3 heteroatoms. The third-order valence-electron chi connectivity index (χ3n) is 1.30. The number of nitriles is 1. The molecular weight excluding hydrogens is 170 g/mol. The average molecular weight is 179 g/mol. The molecule has 0 radical (unpaired) electrons. The minimum absolute atomic E-state index is 0.628. The van der Waals surface area contributed by atoms with Gasteiger partial charge in [0, 0.05) is 0 Å². The summed E-state index contributed by atoms with van der Waals surface area (Å²) in [7, 11) is 0. The summed E-state index contributed by atoms with van der Waals surface area (Å²) >= 11 is 1.12. The lowest BCUT2D eigenvalue weighted by atomic mass is 10.3. The van der Waals surface area contributed by atoms with Crippen molar-refractivity contribution in [2.24, 2.45) is 0 Å². The van der Waals surface area contributed by atoms with Crippen LogP contribution in [0.3, 0.4) is 0 Å². The largest absolute Gasteiger partial charge is 0.493 e. The van der Waals surface area contributed by atoms with E-state index in [0.717, 1.165) is 22.4 Å². The number of hydrogen-bond acceptors (Lipinski definition) is 3. The van der Waals surface area contributed by atoms with Crippen molar-refractivity contribution in [2.45, 2.75) is 11.8 Å². The minimum atomic E-state index is 0.628. The quantitative estimate of drug-likeness (QED) is 0.528. The molecule has 0 unspecified atom stereocenters. The van der Waals surface area contributed by atoms with Gasteiger partial charge in [-0.2, -0.15) is 5.26 Å². The first-order valence-electron chi connectivity index (χ1n) is 3.66. The molecule has 1 rings (SSSR count). The highest BCUT2D eigenvalue weighted by molar-refractivity contribution is 8.03. The number of para-hydroxylation sites is 1. The van der Waals surface area contributed by atoms with Crippen LogP contribution in [-0.2, 0) is 0 Å². The van der Waals surface area contributed by atoms with Crippen molar-refractivity contribution >= 4 is 11.8 Å². The molecule has 2 nitrogen and oxygen atoms in total. The van der Waals surface area contributed by atoms with Crippen LogP contribution in [0, 0.1) is 10.7 Å².